The van der Waals surface area contributed by atoms with E-state index in [9.17, 15) is 19.5 Å². The molecule has 0 spiro atoms. The van der Waals surface area contributed by atoms with Crippen molar-refractivity contribution in [1.29, 1.82) is 0 Å². The van der Waals surface area contributed by atoms with Gasteiger partial charge in [-0.1, -0.05) is 115 Å². The van der Waals surface area contributed by atoms with Crippen LogP contribution in [0, 0.1) is 5.92 Å². The van der Waals surface area contributed by atoms with E-state index in [-0.39, 0.29) is 18.6 Å². The van der Waals surface area contributed by atoms with E-state index in [0.717, 1.165) is 27.8 Å². The number of rotatable bonds is 13. The minimum absolute atomic E-state index is 0.175. The highest BCUT2D eigenvalue weighted by molar-refractivity contribution is 5.99. The molecular formula is C43H44N2O6. The van der Waals surface area contributed by atoms with Crippen LogP contribution in [0.2, 0.25) is 0 Å². The molecule has 262 valence electrons. The van der Waals surface area contributed by atoms with E-state index < -0.39 is 34.9 Å². The molecule has 5 aromatic carbocycles. The summed E-state index contributed by atoms with van der Waals surface area (Å²) in [5.74, 6) is -2.41. The summed E-state index contributed by atoms with van der Waals surface area (Å²) in [6.45, 7) is 7.42. The zero-order valence-electron chi connectivity index (χ0n) is 29.4. The van der Waals surface area contributed by atoms with Crippen LogP contribution >= 0.6 is 0 Å². The number of carbonyl (C=O) groups is 3. The first kappa shape index (κ1) is 36.5. The quantitative estimate of drug-likeness (QED) is 0.0736. The number of phenols is 1. The van der Waals surface area contributed by atoms with Crippen molar-refractivity contribution < 1.29 is 29.1 Å². The summed E-state index contributed by atoms with van der Waals surface area (Å²) < 4.78 is 5.59. The molecule has 0 aliphatic carbocycles. The van der Waals surface area contributed by atoms with Crippen molar-refractivity contribution in [1.82, 2.24) is 5.48 Å². The second-order valence-electron chi connectivity index (χ2n) is 13.3. The van der Waals surface area contributed by atoms with Crippen molar-refractivity contribution in [3.05, 3.63) is 156 Å². The Kier molecular flexibility index (Phi) is 11.7. The van der Waals surface area contributed by atoms with Crippen LogP contribution in [0.1, 0.15) is 57.2 Å². The van der Waals surface area contributed by atoms with E-state index in [1.165, 1.54) is 0 Å². The highest BCUT2D eigenvalue weighted by Crippen LogP contribution is 2.40. The van der Waals surface area contributed by atoms with Crippen LogP contribution in [0.25, 0.3) is 11.1 Å². The van der Waals surface area contributed by atoms with Crippen LogP contribution in [0.15, 0.2) is 140 Å². The zero-order valence-corrected chi connectivity index (χ0v) is 29.4. The molecule has 1 unspecified atom stereocenters. The van der Waals surface area contributed by atoms with Crippen molar-refractivity contribution in [3.8, 4) is 16.9 Å². The number of benzene rings is 5. The van der Waals surface area contributed by atoms with Crippen molar-refractivity contribution in [2.75, 3.05) is 11.4 Å². The molecule has 0 heterocycles. The summed E-state index contributed by atoms with van der Waals surface area (Å²) in [5.41, 5.74) is 5.47. The fourth-order valence-corrected chi connectivity index (χ4v) is 6.10. The summed E-state index contributed by atoms with van der Waals surface area (Å²) in [5, 5.41) is 9.67. The Hall–Kier alpha value is -5.73. The number of nitrogens with zero attached hydrogens (tertiary/aromatic N) is 1. The Labute approximate surface area is 299 Å². The highest BCUT2D eigenvalue weighted by atomic mass is 16.7. The predicted octanol–water partition coefficient (Wildman–Crippen LogP) is 8.19. The van der Waals surface area contributed by atoms with E-state index in [1.54, 1.807) is 37.8 Å². The first-order valence-corrected chi connectivity index (χ1v) is 17.1. The molecule has 1 atom stereocenters. The molecule has 2 N–H and O–H groups in total. The summed E-state index contributed by atoms with van der Waals surface area (Å²) in [7, 11) is 0. The maximum atomic E-state index is 14.2. The Bertz CT molecular complexity index is 1790. The van der Waals surface area contributed by atoms with Crippen LogP contribution in [0.5, 0.6) is 5.75 Å². The van der Waals surface area contributed by atoms with Crippen molar-refractivity contribution >= 4 is 23.5 Å². The number of hydrogen-bond donors (Lipinski definition) is 2. The van der Waals surface area contributed by atoms with Gasteiger partial charge in [0.05, 0.1) is 12.3 Å². The van der Waals surface area contributed by atoms with Gasteiger partial charge in [-0.3, -0.25) is 19.2 Å². The Morgan fingerprint density at radius 3 is 1.55 bits per heavy atom. The molecule has 8 heteroatoms. The average molecular weight is 685 g/mol. The topological polar surface area (TPSA) is 105 Å². The van der Waals surface area contributed by atoms with Crippen molar-refractivity contribution in [2.24, 2.45) is 5.92 Å². The lowest BCUT2D eigenvalue weighted by atomic mass is 9.80. The Morgan fingerprint density at radius 1 is 0.667 bits per heavy atom. The van der Waals surface area contributed by atoms with Crippen LogP contribution in [-0.4, -0.2) is 35.0 Å². The van der Waals surface area contributed by atoms with Gasteiger partial charge in [-0.25, -0.2) is 5.48 Å². The van der Waals surface area contributed by atoms with Crippen LogP contribution in [-0.2, 0) is 29.6 Å². The summed E-state index contributed by atoms with van der Waals surface area (Å²) >= 11 is 0. The largest absolute Gasteiger partial charge is 0.508 e. The van der Waals surface area contributed by atoms with Gasteiger partial charge in [0, 0.05) is 18.7 Å². The Morgan fingerprint density at radius 2 is 1.12 bits per heavy atom. The van der Waals surface area contributed by atoms with Gasteiger partial charge in [-0.2, -0.15) is 0 Å². The molecule has 2 amide bonds. The lowest BCUT2D eigenvalue weighted by molar-refractivity contribution is -0.158. The van der Waals surface area contributed by atoms with Gasteiger partial charge in [0.15, 0.2) is 5.60 Å². The van der Waals surface area contributed by atoms with E-state index in [2.05, 4.69) is 5.48 Å². The Balaban J connectivity index is 1.43. The zero-order chi connectivity index (χ0) is 36.4. The molecule has 5 aromatic rings. The van der Waals surface area contributed by atoms with Crippen LogP contribution < -0.4 is 10.4 Å². The number of hydrogen-bond acceptors (Lipinski definition) is 6. The van der Waals surface area contributed by atoms with Gasteiger partial charge >= 0.3 is 5.97 Å². The van der Waals surface area contributed by atoms with E-state index in [1.807, 2.05) is 134 Å². The molecule has 51 heavy (non-hydrogen) atoms. The van der Waals surface area contributed by atoms with Crippen LogP contribution in [0.4, 0.5) is 5.69 Å². The minimum Gasteiger partial charge on any atom is -0.508 e. The number of nitrogens with one attached hydrogen (secondary N) is 1. The SMILES string of the molecule is CCN(C(=O)C(CC(=O)NOC(c1ccccc1)(c1ccccc1)c1ccccc1)CC(=O)OC(C)(C)C)c1ccc(-c2ccc(O)cc2)cc1. The molecule has 0 bridgehead atoms. The molecular weight excluding hydrogens is 640 g/mol. The number of aromatic hydroxyl groups is 1. The summed E-state index contributed by atoms with van der Waals surface area (Å²) in [4.78, 5) is 49.3. The molecule has 0 aromatic heterocycles. The minimum atomic E-state index is -1.22. The maximum Gasteiger partial charge on any atom is 0.307 e. The number of amides is 2. The molecule has 0 aliphatic rings. The lowest BCUT2D eigenvalue weighted by Crippen LogP contribution is -2.43. The lowest BCUT2D eigenvalue weighted by Gasteiger charge is -2.35. The van der Waals surface area contributed by atoms with E-state index in [4.69, 9.17) is 9.57 Å². The van der Waals surface area contributed by atoms with Gasteiger partial charge in [0.2, 0.25) is 11.8 Å². The number of esters is 1. The van der Waals surface area contributed by atoms with Crippen molar-refractivity contribution in [3.63, 3.8) is 0 Å². The van der Waals surface area contributed by atoms with Gasteiger partial charge in [-0.05, 0) is 79.8 Å². The number of carbonyl (C=O) groups excluding carboxylic acids is 3. The van der Waals surface area contributed by atoms with Gasteiger partial charge in [-0.15, -0.1) is 0 Å². The van der Waals surface area contributed by atoms with Gasteiger partial charge in [0.1, 0.15) is 11.4 Å². The van der Waals surface area contributed by atoms with Gasteiger partial charge < -0.3 is 14.7 Å². The van der Waals surface area contributed by atoms with E-state index in [0.29, 0.717) is 12.2 Å². The number of ether oxygens (including phenoxy) is 1. The molecule has 5 rings (SSSR count). The summed E-state index contributed by atoms with van der Waals surface area (Å²) in [6, 6.07) is 43.1. The highest BCUT2D eigenvalue weighted by Gasteiger charge is 2.40. The average Bonchev–Trinajstić information content (AvgIpc) is 3.13. The fourth-order valence-electron chi connectivity index (χ4n) is 6.10. The normalized spacial score (nSPS) is 12.1. The van der Waals surface area contributed by atoms with Crippen molar-refractivity contribution in [2.45, 2.75) is 51.7 Å². The van der Waals surface area contributed by atoms with Crippen LogP contribution in [0.3, 0.4) is 0 Å². The maximum absolute atomic E-state index is 14.2. The second-order valence-corrected chi connectivity index (χ2v) is 13.3. The molecule has 0 saturated heterocycles. The standard InChI is InChI=1S/C43H44N2O6/c1-5-45(37-25-21-31(22-26-37)32-23-27-38(46)28-24-32)41(49)33(30-40(48)50-42(2,3)4)29-39(47)44-51-43(34-15-9-6-10-16-34,35-17-11-7-12-18-35)36-19-13-8-14-20-36/h6-28,33,46H,5,29-30H2,1-4H3,(H,44,47). The smallest absolute Gasteiger partial charge is 0.307 e. The third-order valence-electron chi connectivity index (χ3n) is 8.43. The fraction of sp³-hybridized carbons (Fsp3) is 0.233. The molecule has 0 aliphatic heterocycles. The molecule has 8 nitrogen and oxygen atoms in total. The molecule has 0 saturated carbocycles. The monoisotopic (exact) mass is 684 g/mol. The second kappa shape index (κ2) is 16.3. The number of phenolic OH excluding ortho intramolecular Hbond substituents is 1. The predicted molar refractivity (Wildman–Crippen MR) is 199 cm³/mol. The van der Waals surface area contributed by atoms with E-state index >= 15 is 0 Å². The first-order chi connectivity index (χ1) is 24.5. The number of anilines is 1. The van der Waals surface area contributed by atoms with Gasteiger partial charge in [0.25, 0.3) is 0 Å². The molecule has 0 radical (unpaired) electrons. The molecule has 0 fully saturated rings. The first-order valence-electron chi connectivity index (χ1n) is 17.1. The summed E-state index contributed by atoms with van der Waals surface area (Å²) in [6.07, 6.45) is -0.624. The third kappa shape index (κ3) is 9.09. The third-order valence-corrected chi connectivity index (χ3v) is 8.43. The number of hydroxylamine groups is 1.